The molecule has 0 spiro atoms. The molecule has 0 aromatic heterocycles. The Labute approximate surface area is 144 Å². The zero-order valence-electron chi connectivity index (χ0n) is 17.2. The van der Waals surface area contributed by atoms with Crippen molar-refractivity contribution in [3.05, 3.63) is 32.8 Å². The normalized spacial score (nSPS) is 16.4. The maximum Gasteiger partial charge on any atom is 0.236 e. The van der Waals surface area contributed by atoms with Crippen LogP contribution in [0, 0.1) is 13.8 Å². The third-order valence-electron chi connectivity index (χ3n) is 3.30. The summed E-state index contributed by atoms with van der Waals surface area (Å²) in [6.07, 6.45) is 0. The molecule has 0 aliphatic rings. The topological polar surface area (TPSA) is 58.7 Å². The van der Waals surface area contributed by atoms with Gasteiger partial charge >= 0.3 is 0 Å². The molecule has 0 aliphatic carbocycles. The number of aryl methyl sites for hydroxylation is 1. The Balaban J connectivity index is -0.000000111. The second kappa shape index (κ2) is 6.46. The molecule has 0 fully saturated rings. The van der Waals surface area contributed by atoms with E-state index in [4.69, 9.17) is 36.2 Å². The van der Waals surface area contributed by atoms with Crippen LogP contribution >= 0.6 is 23.2 Å². The van der Waals surface area contributed by atoms with Gasteiger partial charge in [-0.1, -0.05) is 23.2 Å². The van der Waals surface area contributed by atoms with Crippen LogP contribution in [0.5, 0.6) is 0 Å². The van der Waals surface area contributed by atoms with E-state index in [-0.39, 0.29) is 23.7 Å². The van der Waals surface area contributed by atoms with Crippen molar-refractivity contribution in [3.63, 3.8) is 0 Å². The van der Waals surface area contributed by atoms with Crippen molar-refractivity contribution in [2.45, 2.75) is 26.7 Å². The molecule has 1 rings (SSSR count). The number of amides is 1. The van der Waals surface area contributed by atoms with E-state index in [9.17, 15) is 4.79 Å². The smallest absolute Gasteiger partial charge is 0.236 e. The molecule has 1 aromatic carbocycles. The van der Waals surface area contributed by atoms with E-state index < -0.39 is 11.8 Å². The molecule has 124 valence electrons. The van der Waals surface area contributed by atoms with Crippen LogP contribution in [0.3, 0.4) is 0 Å². The van der Waals surface area contributed by atoms with Gasteiger partial charge in [0.1, 0.15) is 0 Å². The predicted octanol–water partition coefficient (Wildman–Crippen LogP) is 4.84. The van der Waals surface area contributed by atoms with Crippen LogP contribution in [0.1, 0.15) is 44.0 Å². The Hall–Kier alpha value is -1.26. The van der Waals surface area contributed by atoms with Crippen LogP contribution in [-0.4, -0.2) is 30.9 Å². The minimum absolute atomic E-state index is 0. The molecule has 1 atom stereocenters. The number of likely N-dealkylation sites (N-methyl/N-ethyl adjacent to an activating group) is 1. The molecule has 20 heavy (non-hydrogen) atoms. The van der Waals surface area contributed by atoms with Crippen molar-refractivity contribution in [2.75, 3.05) is 14.1 Å². The van der Waals surface area contributed by atoms with E-state index in [1.54, 1.807) is 6.07 Å². The average Bonchev–Trinajstić information content (AvgIpc) is 2.60. The number of carbonyl (C=O) groups is 1. The monoisotopic (exact) mass is 334 g/mol. The number of aliphatic imine (C=N–C) groups is 1. The Morgan fingerprint density at radius 1 is 1.65 bits per heavy atom. The zero-order chi connectivity index (χ0) is 20.5. The van der Waals surface area contributed by atoms with Crippen LogP contribution in [0.25, 0.3) is 0 Å². The Kier molecular flexibility index (Phi) is 4.03. The van der Waals surface area contributed by atoms with Crippen molar-refractivity contribution in [1.29, 1.82) is 0 Å². The molecule has 1 aromatic rings. The fourth-order valence-corrected chi connectivity index (χ4v) is 2.63. The lowest BCUT2D eigenvalue weighted by Gasteiger charge is -2.23. The average molecular weight is 335 g/mol. The fourth-order valence-electron chi connectivity index (χ4n) is 1.79. The minimum Gasteiger partial charge on any atom is -0.369 e. The van der Waals surface area contributed by atoms with Crippen LogP contribution in [0.15, 0.2) is 11.1 Å². The van der Waals surface area contributed by atoms with Crippen LogP contribution in [-0.2, 0) is 4.79 Å². The predicted molar refractivity (Wildman–Crippen MR) is 99.5 cm³/mol. The quantitative estimate of drug-likeness (QED) is 0.621. The van der Waals surface area contributed by atoms with Crippen molar-refractivity contribution >= 4 is 35.1 Å². The second-order valence-corrected chi connectivity index (χ2v) is 5.35. The summed E-state index contributed by atoms with van der Waals surface area (Å²) < 4.78 is 28.5. The highest BCUT2D eigenvalue weighted by molar-refractivity contribution is 6.37. The fraction of sp³-hybridized carbons (Fsp3) is 0.429. The van der Waals surface area contributed by atoms with Gasteiger partial charge in [-0.05, 0) is 38.0 Å². The first-order chi connectivity index (χ1) is 11.6. The number of carbonyl (C=O) groups excluding carboxylic acids is 1. The summed E-state index contributed by atoms with van der Waals surface area (Å²) in [7, 11) is 2.93. The number of hydrogen-bond donors (Lipinski definition) is 1. The van der Waals surface area contributed by atoms with Gasteiger partial charge in [-0.2, -0.15) is 0 Å². The third-order valence-corrected chi connectivity index (χ3v) is 4.07. The lowest BCUT2D eigenvalue weighted by Crippen LogP contribution is -2.41. The van der Waals surface area contributed by atoms with Gasteiger partial charge in [0.2, 0.25) is 5.91 Å². The highest BCUT2D eigenvalue weighted by Crippen LogP contribution is 2.36. The van der Waals surface area contributed by atoms with E-state index in [0.29, 0.717) is 5.02 Å². The lowest BCUT2D eigenvalue weighted by atomic mass is 9.95. The van der Waals surface area contributed by atoms with Gasteiger partial charge in [-0.25, -0.2) is 0 Å². The highest BCUT2D eigenvalue weighted by atomic mass is 35.5. The van der Waals surface area contributed by atoms with Crippen LogP contribution < -0.4 is 5.73 Å². The number of benzene rings is 1. The molecule has 0 heterocycles. The van der Waals surface area contributed by atoms with Crippen molar-refractivity contribution in [3.8, 4) is 0 Å². The van der Waals surface area contributed by atoms with Crippen molar-refractivity contribution in [2.24, 2.45) is 10.7 Å². The number of nitrogens with zero attached hydrogens (tertiary/aromatic N) is 2. The molecule has 1 unspecified atom stereocenters. The first-order valence-electron chi connectivity index (χ1n) is 8.51. The number of rotatable bonds is 2. The molecular weight excluding hydrogens is 297 g/mol. The number of nitrogens with two attached hydrogens (primary N) is 1. The number of guanidine groups is 1. The largest absolute Gasteiger partial charge is 0.369 e. The van der Waals surface area contributed by atoms with Gasteiger partial charge in [-0.15, -0.1) is 0 Å². The zero-order valence-corrected chi connectivity index (χ0v) is 13.7. The van der Waals surface area contributed by atoms with Crippen LogP contribution in [0.4, 0.5) is 0 Å². The molecule has 6 heteroatoms. The third kappa shape index (κ3) is 3.07. The summed E-state index contributed by atoms with van der Waals surface area (Å²) in [5.41, 5.74) is 7.60. The molecule has 0 saturated heterocycles. The van der Waals surface area contributed by atoms with E-state index >= 15 is 0 Å². The SMILES string of the molecule is [2H]C(C)(C(=O)N(C)C(N)=NC)c1c(Cl)cc(C)c(C)c1Cl.[2H][2H].[2H][2H].[HH].[HH].[HH].[HH].[HH]. The lowest BCUT2D eigenvalue weighted by molar-refractivity contribution is -0.127. The molecule has 0 saturated carbocycles. The molecule has 1 amide bonds. The van der Waals surface area contributed by atoms with E-state index in [2.05, 4.69) is 4.99 Å². The number of halogens is 2. The molecule has 0 radical (unpaired) electrons. The van der Waals surface area contributed by atoms with E-state index in [1.165, 1.54) is 21.0 Å². The Morgan fingerprint density at radius 2 is 2.20 bits per heavy atom. The first-order valence-corrected chi connectivity index (χ1v) is 6.77. The summed E-state index contributed by atoms with van der Waals surface area (Å²) >= 11 is 12.5. The highest BCUT2D eigenvalue weighted by Gasteiger charge is 2.26. The van der Waals surface area contributed by atoms with Gasteiger partial charge in [0.05, 0.1) is 5.89 Å². The van der Waals surface area contributed by atoms with E-state index in [0.717, 1.165) is 16.0 Å². The van der Waals surface area contributed by atoms with Gasteiger partial charge in [-0.3, -0.25) is 14.7 Å². The van der Waals surface area contributed by atoms with Crippen molar-refractivity contribution in [1.82, 2.24) is 4.90 Å². The minimum atomic E-state index is -1.67. The Morgan fingerprint density at radius 3 is 2.70 bits per heavy atom. The molecule has 2 N–H and O–H groups in total. The maximum absolute atomic E-state index is 12.5. The standard InChI is InChI=1S/C14H19Cl2N3O.7H2/c1-7-6-10(15)11(12(16)8(7)2)9(3)13(20)19(5)14(17)18-4;;;;;;;/h6,9H,1-5H3,(H2,17,18);7*1H/i9D;2*1+1D;;;;;. The van der Waals surface area contributed by atoms with Crippen molar-refractivity contribution < 1.29 is 19.2 Å². The maximum atomic E-state index is 12.5. The van der Waals surface area contributed by atoms with Gasteiger partial charge in [0.25, 0.3) is 0 Å². The Bertz CT molecular complexity index is 636. The summed E-state index contributed by atoms with van der Waals surface area (Å²) in [6.45, 7) is 5.13. The summed E-state index contributed by atoms with van der Waals surface area (Å²) in [4.78, 5) is 17.4. The summed E-state index contributed by atoms with van der Waals surface area (Å²) in [5.74, 6) is -2.20. The van der Waals surface area contributed by atoms with Gasteiger partial charge in [0.15, 0.2) is 5.96 Å². The van der Waals surface area contributed by atoms with Gasteiger partial charge in [0, 0.05) is 44.1 Å². The molecule has 4 nitrogen and oxygen atoms in total. The molecular formula is C14H33Cl2N3O. The molecule has 0 aliphatic heterocycles. The molecule has 0 bridgehead atoms. The van der Waals surface area contributed by atoms with E-state index in [1.807, 2.05) is 13.8 Å². The van der Waals surface area contributed by atoms with Crippen LogP contribution in [0.2, 0.25) is 10.0 Å². The number of hydrogen-bond acceptors (Lipinski definition) is 2. The second-order valence-electron chi connectivity index (χ2n) is 4.56. The van der Waals surface area contributed by atoms with Gasteiger partial charge < -0.3 is 5.73 Å². The first kappa shape index (κ1) is 12.5. The summed E-state index contributed by atoms with van der Waals surface area (Å²) in [6, 6.07) is 1.70. The summed E-state index contributed by atoms with van der Waals surface area (Å²) in [5, 5.41) is 0.612.